The first kappa shape index (κ1) is 25.7. The molecule has 3 rings (SSSR count). The predicted octanol–water partition coefficient (Wildman–Crippen LogP) is 5.24. The molecule has 2 amide bonds. The van der Waals surface area contributed by atoms with Gasteiger partial charge in [-0.1, -0.05) is 34.6 Å². The lowest BCUT2D eigenvalue weighted by Gasteiger charge is -2.20. The van der Waals surface area contributed by atoms with E-state index in [0.717, 1.165) is 17.9 Å². The van der Waals surface area contributed by atoms with E-state index >= 15 is 0 Å². The van der Waals surface area contributed by atoms with Gasteiger partial charge in [0.25, 0.3) is 11.8 Å². The molecule has 0 unspecified atom stereocenters. The molecule has 0 bridgehead atoms. The number of hydrogen-bond acceptors (Lipinski definition) is 6. The Labute approximate surface area is 206 Å². The van der Waals surface area contributed by atoms with Crippen LogP contribution in [0.15, 0.2) is 48.8 Å². The minimum atomic E-state index is -0.338. The lowest BCUT2D eigenvalue weighted by Crippen LogP contribution is -2.18. The number of nitrogens with zero attached hydrogens (tertiary/aromatic N) is 2. The topological polar surface area (TPSA) is 122 Å². The van der Waals surface area contributed by atoms with Crippen molar-refractivity contribution in [3.63, 3.8) is 0 Å². The second-order valence-corrected chi connectivity index (χ2v) is 10.1. The summed E-state index contributed by atoms with van der Waals surface area (Å²) in [6.07, 6.45) is 3.12. The fraction of sp³-hybridized carbons (Fsp3) is 0.333. The van der Waals surface area contributed by atoms with Crippen LogP contribution in [-0.4, -0.2) is 28.3 Å². The van der Waals surface area contributed by atoms with Gasteiger partial charge in [0.15, 0.2) is 0 Å². The van der Waals surface area contributed by atoms with E-state index in [-0.39, 0.29) is 17.2 Å². The fourth-order valence-corrected chi connectivity index (χ4v) is 3.33. The number of nitrogens with one attached hydrogen (secondary N) is 3. The monoisotopic (exact) mass is 474 g/mol. The summed E-state index contributed by atoms with van der Waals surface area (Å²) in [5.41, 5.74) is 9.67. The highest BCUT2D eigenvalue weighted by Crippen LogP contribution is 2.26. The summed E-state index contributed by atoms with van der Waals surface area (Å²) in [7, 11) is 0. The molecule has 0 saturated carbocycles. The SMILES string of the molecule is Cc1ncc(NC(=O)c2cc(N)cc(C(C)(C)C)c2)cc1C(=O)Nc1ccc(NCC(C)C)nc1. The molecule has 2 aromatic heterocycles. The van der Waals surface area contributed by atoms with Gasteiger partial charge in [0, 0.05) is 17.8 Å². The van der Waals surface area contributed by atoms with Crippen LogP contribution in [0, 0.1) is 12.8 Å². The summed E-state index contributed by atoms with van der Waals surface area (Å²) >= 11 is 0. The van der Waals surface area contributed by atoms with Crippen molar-refractivity contribution in [2.45, 2.75) is 47.0 Å². The maximum Gasteiger partial charge on any atom is 0.257 e. The first-order valence-electron chi connectivity index (χ1n) is 11.6. The Morgan fingerprint density at radius 2 is 1.63 bits per heavy atom. The average Bonchev–Trinajstić information content (AvgIpc) is 2.78. The summed E-state index contributed by atoms with van der Waals surface area (Å²) in [4.78, 5) is 34.5. The van der Waals surface area contributed by atoms with Gasteiger partial charge < -0.3 is 21.7 Å². The van der Waals surface area contributed by atoms with Crippen LogP contribution in [0.1, 0.15) is 66.6 Å². The van der Waals surface area contributed by atoms with Crippen LogP contribution in [0.3, 0.4) is 0 Å². The van der Waals surface area contributed by atoms with E-state index in [2.05, 4.69) is 60.5 Å². The third kappa shape index (κ3) is 7.02. The number of aryl methyl sites for hydroxylation is 1. The van der Waals surface area contributed by atoms with Crippen molar-refractivity contribution in [2.24, 2.45) is 5.92 Å². The van der Waals surface area contributed by atoms with Crippen molar-refractivity contribution < 1.29 is 9.59 Å². The number of aromatic nitrogens is 2. The van der Waals surface area contributed by atoms with Crippen LogP contribution in [0.2, 0.25) is 0 Å². The molecule has 2 heterocycles. The number of rotatable bonds is 7. The van der Waals surface area contributed by atoms with Crippen molar-refractivity contribution in [2.75, 3.05) is 28.2 Å². The zero-order valence-corrected chi connectivity index (χ0v) is 21.2. The lowest BCUT2D eigenvalue weighted by molar-refractivity contribution is 0.101. The van der Waals surface area contributed by atoms with Gasteiger partial charge in [-0.2, -0.15) is 0 Å². The summed E-state index contributed by atoms with van der Waals surface area (Å²) in [6, 6.07) is 10.5. The molecular formula is C27H34N6O2. The van der Waals surface area contributed by atoms with Gasteiger partial charge in [0.05, 0.1) is 35.0 Å². The highest BCUT2D eigenvalue weighted by atomic mass is 16.2. The molecular weight excluding hydrogens is 440 g/mol. The number of benzene rings is 1. The zero-order valence-electron chi connectivity index (χ0n) is 21.2. The van der Waals surface area contributed by atoms with Crippen molar-refractivity contribution in [3.05, 3.63) is 71.2 Å². The maximum atomic E-state index is 12.9. The summed E-state index contributed by atoms with van der Waals surface area (Å²) in [5.74, 6) is 0.581. The second-order valence-electron chi connectivity index (χ2n) is 10.1. The van der Waals surface area contributed by atoms with Gasteiger partial charge in [-0.25, -0.2) is 4.98 Å². The zero-order chi connectivity index (χ0) is 25.8. The minimum Gasteiger partial charge on any atom is -0.399 e. The Kier molecular flexibility index (Phi) is 7.74. The van der Waals surface area contributed by atoms with Gasteiger partial charge in [-0.15, -0.1) is 0 Å². The number of nitrogen functional groups attached to an aromatic ring is 1. The van der Waals surface area contributed by atoms with Crippen LogP contribution >= 0.6 is 0 Å². The van der Waals surface area contributed by atoms with Gasteiger partial charge >= 0.3 is 0 Å². The minimum absolute atomic E-state index is 0.154. The Morgan fingerprint density at radius 1 is 0.943 bits per heavy atom. The standard InChI is InChI=1S/C27H34N6O2/c1-16(2)13-30-24-8-7-21(14-31-24)32-26(35)23-12-22(15-29-17(23)3)33-25(34)18-9-19(27(4,5)6)11-20(28)10-18/h7-12,14-16H,13,28H2,1-6H3,(H,30,31)(H,32,35)(H,33,34). The number of hydrogen-bond donors (Lipinski definition) is 4. The van der Waals surface area contributed by atoms with E-state index in [4.69, 9.17) is 5.73 Å². The number of nitrogens with two attached hydrogens (primary N) is 1. The Hall–Kier alpha value is -3.94. The molecule has 0 fully saturated rings. The van der Waals surface area contributed by atoms with Crippen LogP contribution in [0.5, 0.6) is 0 Å². The van der Waals surface area contributed by atoms with E-state index in [1.165, 1.54) is 6.20 Å². The molecule has 3 aromatic rings. The number of pyridine rings is 2. The smallest absolute Gasteiger partial charge is 0.257 e. The Balaban J connectivity index is 1.73. The number of carbonyl (C=O) groups excluding carboxylic acids is 2. The third-order valence-corrected chi connectivity index (χ3v) is 5.39. The lowest BCUT2D eigenvalue weighted by atomic mass is 9.86. The predicted molar refractivity (Wildman–Crippen MR) is 142 cm³/mol. The second kappa shape index (κ2) is 10.5. The maximum absolute atomic E-state index is 12.9. The van der Waals surface area contributed by atoms with Gasteiger partial charge in [-0.05, 0) is 60.2 Å². The van der Waals surface area contributed by atoms with Gasteiger partial charge in [0.1, 0.15) is 5.82 Å². The molecule has 0 aliphatic heterocycles. The Bertz CT molecular complexity index is 1210. The first-order chi connectivity index (χ1) is 16.4. The average molecular weight is 475 g/mol. The van der Waals surface area contributed by atoms with Crippen LogP contribution in [0.25, 0.3) is 0 Å². The molecule has 0 radical (unpaired) electrons. The first-order valence-corrected chi connectivity index (χ1v) is 11.6. The molecule has 184 valence electrons. The molecule has 0 aliphatic carbocycles. The molecule has 0 spiro atoms. The fourth-order valence-electron chi connectivity index (χ4n) is 3.33. The third-order valence-electron chi connectivity index (χ3n) is 5.39. The van der Waals surface area contributed by atoms with E-state index in [0.29, 0.717) is 39.8 Å². The van der Waals surface area contributed by atoms with Crippen molar-refractivity contribution in [1.29, 1.82) is 0 Å². The van der Waals surface area contributed by atoms with Gasteiger partial charge in [-0.3, -0.25) is 14.6 Å². The van der Waals surface area contributed by atoms with E-state index in [1.807, 2.05) is 18.2 Å². The number of anilines is 4. The van der Waals surface area contributed by atoms with E-state index in [9.17, 15) is 9.59 Å². The largest absolute Gasteiger partial charge is 0.399 e. The summed E-state index contributed by atoms with van der Waals surface area (Å²) in [5, 5.41) is 8.90. The Morgan fingerprint density at radius 3 is 2.26 bits per heavy atom. The highest BCUT2D eigenvalue weighted by molar-refractivity contribution is 6.08. The molecule has 0 aliphatic rings. The van der Waals surface area contributed by atoms with Crippen LogP contribution in [-0.2, 0) is 5.41 Å². The molecule has 8 nitrogen and oxygen atoms in total. The summed E-state index contributed by atoms with van der Waals surface area (Å²) < 4.78 is 0. The molecule has 1 aromatic carbocycles. The molecule has 0 atom stereocenters. The molecule has 35 heavy (non-hydrogen) atoms. The normalized spacial score (nSPS) is 11.3. The van der Waals surface area contributed by atoms with Gasteiger partial charge in [0.2, 0.25) is 0 Å². The van der Waals surface area contributed by atoms with E-state index < -0.39 is 0 Å². The molecule has 0 saturated heterocycles. The van der Waals surface area contributed by atoms with Crippen molar-refractivity contribution in [3.8, 4) is 0 Å². The number of amides is 2. The molecule has 8 heteroatoms. The van der Waals surface area contributed by atoms with Crippen molar-refractivity contribution >= 4 is 34.7 Å². The molecule has 5 N–H and O–H groups in total. The highest BCUT2D eigenvalue weighted by Gasteiger charge is 2.18. The van der Waals surface area contributed by atoms with Crippen LogP contribution in [0.4, 0.5) is 22.9 Å². The quantitative estimate of drug-likeness (QED) is 0.348. The van der Waals surface area contributed by atoms with Crippen molar-refractivity contribution in [1.82, 2.24) is 9.97 Å². The summed E-state index contributed by atoms with van der Waals surface area (Å²) in [6.45, 7) is 13.0. The van der Waals surface area contributed by atoms with E-state index in [1.54, 1.807) is 31.3 Å². The van der Waals surface area contributed by atoms with Crippen LogP contribution < -0.4 is 21.7 Å². The number of carbonyl (C=O) groups is 2.